The third-order valence-corrected chi connectivity index (χ3v) is 14.0. The van der Waals surface area contributed by atoms with Crippen LogP contribution < -0.4 is 0 Å². The maximum atomic E-state index is 13.7. The molecule has 10 unspecified atom stereocenters. The van der Waals surface area contributed by atoms with Crippen molar-refractivity contribution < 1.29 is 76.0 Å². The highest BCUT2D eigenvalue weighted by atomic mass is 32.3. The zero-order chi connectivity index (χ0) is 50.9. The van der Waals surface area contributed by atoms with E-state index in [1.807, 2.05) is 6.92 Å². The molecular weight excluding hydrogens is 913 g/mol. The summed E-state index contributed by atoms with van der Waals surface area (Å²) >= 11 is 0. The summed E-state index contributed by atoms with van der Waals surface area (Å²) in [6.45, 7) is 6.31. The molecule has 2 rings (SSSR count). The SMILES string of the molecule is CCCCCCCCCCCCCCCCCC[C@H](C)/C=C(\C)C(=O)OC1C(O)C(CO)OC(OC2OC(CO)C(O)C(OS(=O)(=O)O)C2O)C1OC(=O)CCCCCCCCCCCCCCC. The first-order chi connectivity index (χ1) is 33.2. The van der Waals surface area contributed by atoms with Gasteiger partial charge in [0.2, 0.25) is 6.29 Å². The fourth-order valence-electron chi connectivity index (χ4n) is 9.27. The van der Waals surface area contributed by atoms with Crippen molar-refractivity contribution in [3.05, 3.63) is 11.6 Å². The zero-order valence-corrected chi connectivity index (χ0v) is 43.8. The number of hydrogen-bond donors (Lipinski definition) is 6. The van der Waals surface area contributed by atoms with Gasteiger partial charge in [0.15, 0.2) is 18.5 Å². The Balaban J connectivity index is 2.03. The van der Waals surface area contributed by atoms with E-state index in [2.05, 4.69) is 18.0 Å². The molecule has 0 aromatic heterocycles. The highest BCUT2D eigenvalue weighted by Crippen LogP contribution is 2.33. The normalized spacial score (nSPS) is 26.0. The quantitative estimate of drug-likeness (QED) is 0.0145. The number of esters is 2. The van der Waals surface area contributed by atoms with Gasteiger partial charge < -0.3 is 49.2 Å². The van der Waals surface area contributed by atoms with Crippen LogP contribution in [0.25, 0.3) is 0 Å². The number of carbonyl (C=O) groups excluding carboxylic acids is 2. The molecule has 0 aromatic rings. The monoisotopic (exact) mass is 1010 g/mol. The summed E-state index contributed by atoms with van der Waals surface area (Å²) in [6.07, 6.45) is 19.1. The molecule has 17 heteroatoms. The standard InChI is InChI=1S/C52H96O16S/c1-5-7-9-11-13-15-17-19-20-21-23-24-26-28-30-32-34-39(3)36-40(4)50(59)66-48-45(57)42(38-54)64-52(67-51-46(58)47(68-69(60,61)62)44(56)41(37-53)63-51)49(48)65-43(55)35-33-31-29-27-25-22-18-16-14-12-10-8-6-2/h36,39,41-42,44-49,51-54,56-58H,5-35,37-38H2,1-4H3,(H,60,61,62)/b40-36+/t39-,41?,42?,44?,45?,46?,47?,48?,49?,51?,52?/m0/s1. The minimum absolute atomic E-state index is 0.0247. The van der Waals surface area contributed by atoms with Crippen molar-refractivity contribution in [2.45, 2.75) is 288 Å². The van der Waals surface area contributed by atoms with Gasteiger partial charge in [-0.25, -0.2) is 8.98 Å². The number of carbonyl (C=O) groups is 2. The van der Waals surface area contributed by atoms with Crippen molar-refractivity contribution in [2.24, 2.45) is 5.92 Å². The predicted octanol–water partition coefficient (Wildman–Crippen LogP) is 9.25. The first-order valence-corrected chi connectivity index (χ1v) is 28.5. The summed E-state index contributed by atoms with van der Waals surface area (Å²) < 4.78 is 65.9. The second kappa shape index (κ2) is 37.9. The number of aliphatic hydroxyl groups excluding tert-OH is 5. The van der Waals surface area contributed by atoms with Crippen LogP contribution in [0.1, 0.15) is 227 Å². The maximum absolute atomic E-state index is 13.7. The summed E-state index contributed by atoms with van der Waals surface area (Å²) in [7, 11) is -5.25. The largest absolute Gasteiger partial charge is 0.453 e. The lowest BCUT2D eigenvalue weighted by Gasteiger charge is -2.46. The summed E-state index contributed by atoms with van der Waals surface area (Å²) in [4.78, 5) is 27.1. The Morgan fingerprint density at radius 1 is 0.551 bits per heavy atom. The predicted molar refractivity (Wildman–Crippen MR) is 264 cm³/mol. The van der Waals surface area contributed by atoms with Gasteiger partial charge in [0.1, 0.15) is 36.6 Å². The number of hydrogen-bond acceptors (Lipinski definition) is 15. The number of rotatable bonds is 41. The van der Waals surface area contributed by atoms with Gasteiger partial charge in [-0.2, -0.15) is 8.42 Å². The molecule has 2 aliphatic heterocycles. The number of unbranched alkanes of at least 4 members (excludes halogenated alkanes) is 27. The maximum Gasteiger partial charge on any atom is 0.397 e. The van der Waals surface area contributed by atoms with E-state index in [0.29, 0.717) is 6.42 Å². The van der Waals surface area contributed by atoms with Gasteiger partial charge in [0, 0.05) is 12.0 Å². The molecule has 406 valence electrons. The lowest BCUT2D eigenvalue weighted by molar-refractivity contribution is -0.375. The molecule has 2 saturated heterocycles. The van der Waals surface area contributed by atoms with Gasteiger partial charge in [-0.15, -0.1) is 0 Å². The van der Waals surface area contributed by atoms with Crippen LogP contribution in [0.4, 0.5) is 0 Å². The summed E-state index contributed by atoms with van der Waals surface area (Å²) in [5.41, 5.74) is 0.240. The molecule has 16 nitrogen and oxygen atoms in total. The van der Waals surface area contributed by atoms with Gasteiger partial charge in [-0.1, -0.05) is 207 Å². The third kappa shape index (κ3) is 27.2. The van der Waals surface area contributed by atoms with E-state index in [1.165, 1.54) is 135 Å². The second-order valence-electron chi connectivity index (χ2n) is 19.8. The highest BCUT2D eigenvalue weighted by molar-refractivity contribution is 7.80. The molecule has 0 aromatic carbocycles. The Morgan fingerprint density at radius 3 is 1.36 bits per heavy atom. The van der Waals surface area contributed by atoms with Gasteiger partial charge in [0.25, 0.3) is 0 Å². The summed E-state index contributed by atoms with van der Waals surface area (Å²) in [5.74, 6) is -1.54. The van der Waals surface area contributed by atoms with Crippen LogP contribution in [0.15, 0.2) is 11.6 Å². The molecule has 2 fully saturated rings. The minimum Gasteiger partial charge on any atom is -0.453 e. The van der Waals surface area contributed by atoms with E-state index in [1.54, 1.807) is 13.0 Å². The first kappa shape index (κ1) is 63.3. The molecule has 0 amide bonds. The van der Waals surface area contributed by atoms with Crippen molar-refractivity contribution in [3.63, 3.8) is 0 Å². The van der Waals surface area contributed by atoms with Crippen LogP contribution in [0.3, 0.4) is 0 Å². The Bertz CT molecular complexity index is 1460. The summed E-state index contributed by atoms with van der Waals surface area (Å²) in [6, 6.07) is 0. The minimum atomic E-state index is -5.25. The van der Waals surface area contributed by atoms with Crippen molar-refractivity contribution in [1.82, 2.24) is 0 Å². The van der Waals surface area contributed by atoms with Crippen LogP contribution in [0.5, 0.6) is 0 Å². The van der Waals surface area contributed by atoms with Crippen LogP contribution in [-0.4, -0.2) is 125 Å². The van der Waals surface area contributed by atoms with Gasteiger partial charge in [-0.3, -0.25) is 9.35 Å². The van der Waals surface area contributed by atoms with E-state index in [4.69, 9.17) is 23.7 Å². The van der Waals surface area contributed by atoms with Crippen molar-refractivity contribution >= 4 is 22.3 Å². The lowest BCUT2D eigenvalue weighted by atomic mass is 9.97. The summed E-state index contributed by atoms with van der Waals surface area (Å²) in [5, 5.41) is 53.1. The molecule has 11 atom stereocenters. The van der Waals surface area contributed by atoms with Gasteiger partial charge >= 0.3 is 22.3 Å². The Morgan fingerprint density at radius 2 is 0.942 bits per heavy atom. The van der Waals surface area contributed by atoms with Gasteiger partial charge in [-0.05, 0) is 25.7 Å². The van der Waals surface area contributed by atoms with E-state index in [9.17, 15) is 48.1 Å². The van der Waals surface area contributed by atoms with Crippen molar-refractivity contribution in [2.75, 3.05) is 13.2 Å². The first-order valence-electron chi connectivity index (χ1n) is 27.1. The van der Waals surface area contributed by atoms with E-state index >= 15 is 0 Å². The van der Waals surface area contributed by atoms with E-state index in [0.717, 1.165) is 51.4 Å². The molecule has 69 heavy (non-hydrogen) atoms. The topological polar surface area (TPSA) is 245 Å². The number of allylic oxidation sites excluding steroid dienone is 1. The van der Waals surface area contributed by atoms with Crippen molar-refractivity contribution in [3.8, 4) is 0 Å². The van der Waals surface area contributed by atoms with Crippen LogP contribution in [0.2, 0.25) is 0 Å². The molecule has 0 radical (unpaired) electrons. The Labute approximate surface area is 415 Å². The van der Waals surface area contributed by atoms with Crippen LogP contribution in [0, 0.1) is 5.92 Å². The average Bonchev–Trinajstić information content (AvgIpc) is 3.31. The Hall–Kier alpha value is -1.77. The highest BCUT2D eigenvalue weighted by Gasteiger charge is 2.54. The lowest BCUT2D eigenvalue weighted by Crippen LogP contribution is -2.65. The smallest absolute Gasteiger partial charge is 0.397 e. The average molecular weight is 1010 g/mol. The number of aliphatic hydroxyl groups is 5. The fraction of sp³-hybridized carbons (Fsp3) is 0.923. The Kier molecular flexibility index (Phi) is 34.8. The molecule has 0 bridgehead atoms. The molecule has 2 heterocycles. The zero-order valence-electron chi connectivity index (χ0n) is 42.9. The van der Waals surface area contributed by atoms with E-state index in [-0.39, 0.29) is 17.9 Å². The van der Waals surface area contributed by atoms with Crippen LogP contribution in [-0.2, 0) is 47.9 Å². The second-order valence-corrected chi connectivity index (χ2v) is 20.8. The molecule has 0 aliphatic carbocycles. The molecule has 6 N–H and O–H groups in total. The van der Waals surface area contributed by atoms with Crippen LogP contribution >= 0.6 is 0 Å². The third-order valence-electron chi connectivity index (χ3n) is 13.5. The number of ether oxygens (including phenoxy) is 5. The molecule has 0 spiro atoms. The van der Waals surface area contributed by atoms with Crippen molar-refractivity contribution in [1.29, 1.82) is 0 Å². The fourth-order valence-corrected chi connectivity index (χ4v) is 9.78. The molecule has 0 saturated carbocycles. The van der Waals surface area contributed by atoms with E-state index < -0.39 is 97.0 Å². The van der Waals surface area contributed by atoms with Gasteiger partial charge in [0.05, 0.1) is 13.2 Å². The molecular formula is C52H96O16S. The molecule has 2 aliphatic rings.